The van der Waals surface area contributed by atoms with Gasteiger partial charge in [-0.3, -0.25) is 4.79 Å². The number of rotatable bonds is 5. The van der Waals surface area contributed by atoms with Crippen molar-refractivity contribution in [2.45, 2.75) is 26.8 Å². The smallest absolute Gasteiger partial charge is 0.337 e. The topological polar surface area (TPSA) is 79.5 Å². The Morgan fingerprint density at radius 2 is 1.80 bits per heavy atom. The summed E-state index contributed by atoms with van der Waals surface area (Å²) in [4.78, 5) is 25.3. The Balaban J connectivity index is 1.83. The normalized spacial score (nSPS) is 12.1. The number of carboxylic acid groups (broad SMARTS) is 1. The van der Waals surface area contributed by atoms with E-state index < -0.39 is 5.97 Å². The van der Waals surface area contributed by atoms with Crippen molar-refractivity contribution in [2.75, 3.05) is 5.32 Å². The Morgan fingerprint density at radius 1 is 1.10 bits per heavy atom. The molecule has 5 nitrogen and oxygen atoms in total. The van der Waals surface area contributed by atoms with Crippen LogP contribution in [0.3, 0.4) is 0 Å². The van der Waals surface area contributed by atoms with Gasteiger partial charge in [-0.25, -0.2) is 4.79 Å². The van der Waals surface area contributed by atoms with Crippen molar-refractivity contribution in [2.24, 2.45) is 0 Å². The molecule has 4 rings (SSSR count). The van der Waals surface area contributed by atoms with Crippen LogP contribution in [0.2, 0.25) is 0 Å². The van der Waals surface area contributed by atoms with Crippen LogP contribution in [0.1, 0.15) is 39.3 Å². The summed E-state index contributed by atoms with van der Waals surface area (Å²) < 4.78 is 6.82. The molecule has 2 aromatic carbocycles. The second-order valence-corrected chi connectivity index (χ2v) is 8.46. The molecule has 0 bridgehead atoms. The number of thiophene rings is 1. The highest BCUT2D eigenvalue weighted by atomic mass is 32.1. The highest BCUT2D eigenvalue weighted by Gasteiger charge is 2.22. The van der Waals surface area contributed by atoms with E-state index in [2.05, 4.69) is 5.32 Å². The third-order valence-electron chi connectivity index (χ3n) is 5.16. The van der Waals surface area contributed by atoms with E-state index in [9.17, 15) is 14.7 Å². The zero-order chi connectivity index (χ0) is 21.4. The molecule has 2 aromatic heterocycles. The quantitative estimate of drug-likeness (QED) is 0.414. The third-order valence-corrected chi connectivity index (χ3v) is 6.27. The molecule has 1 atom stereocenters. The summed E-state index contributed by atoms with van der Waals surface area (Å²) in [6.07, 6.45) is 0. The fraction of sp³-hybridized carbons (Fsp3) is 0.167. The van der Waals surface area contributed by atoms with E-state index in [1.807, 2.05) is 45.0 Å². The van der Waals surface area contributed by atoms with Crippen molar-refractivity contribution >= 4 is 33.3 Å². The fourth-order valence-electron chi connectivity index (χ4n) is 3.71. The van der Waals surface area contributed by atoms with Crippen LogP contribution in [-0.2, 0) is 0 Å². The summed E-state index contributed by atoms with van der Waals surface area (Å²) in [7, 11) is 0. The first-order chi connectivity index (χ1) is 14.4. The molecule has 0 saturated carbocycles. The molecule has 0 radical (unpaired) electrons. The number of carboxylic acids is 1. The number of hydrogen-bond donors (Lipinski definition) is 2. The summed E-state index contributed by atoms with van der Waals surface area (Å²) in [5, 5.41) is 12.7. The zero-order valence-corrected chi connectivity index (χ0v) is 17.7. The van der Waals surface area contributed by atoms with Gasteiger partial charge >= 0.3 is 5.97 Å². The van der Waals surface area contributed by atoms with Crippen molar-refractivity contribution in [3.63, 3.8) is 0 Å². The van der Waals surface area contributed by atoms with Gasteiger partial charge in [0.05, 0.1) is 11.6 Å². The first-order valence-corrected chi connectivity index (χ1v) is 10.4. The maximum atomic E-state index is 12.8. The van der Waals surface area contributed by atoms with Crippen LogP contribution in [0.25, 0.3) is 21.6 Å². The minimum atomic E-state index is -0.995. The second-order valence-electron chi connectivity index (χ2n) is 7.24. The molecule has 0 saturated heterocycles. The number of hydrogen-bond acceptors (Lipinski definition) is 5. The van der Waals surface area contributed by atoms with Crippen molar-refractivity contribution in [1.29, 1.82) is 0 Å². The molecule has 2 N–H and O–H groups in total. The van der Waals surface area contributed by atoms with Crippen LogP contribution in [-0.4, -0.2) is 11.1 Å². The number of anilines is 1. The summed E-state index contributed by atoms with van der Waals surface area (Å²) in [5.41, 5.74) is 3.96. The Labute approximate surface area is 177 Å². The minimum Gasteiger partial charge on any atom is -0.478 e. The lowest BCUT2D eigenvalue weighted by molar-refractivity contribution is 0.0698. The van der Waals surface area contributed by atoms with Gasteiger partial charge in [0, 0.05) is 27.8 Å². The lowest BCUT2D eigenvalue weighted by atomic mass is 10.0. The molecule has 6 heteroatoms. The summed E-state index contributed by atoms with van der Waals surface area (Å²) in [6, 6.07) is 15.8. The Kier molecular flexibility index (Phi) is 5.18. The van der Waals surface area contributed by atoms with E-state index in [-0.39, 0.29) is 17.0 Å². The molecule has 4 aromatic rings. The lowest BCUT2D eigenvalue weighted by Crippen LogP contribution is -2.11. The first kappa shape index (κ1) is 19.9. The van der Waals surface area contributed by atoms with Gasteiger partial charge in [-0.05, 0) is 38.5 Å². The molecule has 0 aliphatic heterocycles. The van der Waals surface area contributed by atoms with E-state index in [1.165, 1.54) is 11.3 Å². The maximum absolute atomic E-state index is 12.8. The number of carbonyl (C=O) groups is 1. The van der Waals surface area contributed by atoms with Crippen LogP contribution in [0.4, 0.5) is 5.69 Å². The molecule has 2 heterocycles. The average molecular weight is 420 g/mol. The predicted octanol–water partition coefficient (Wildman–Crippen LogP) is 6.01. The van der Waals surface area contributed by atoms with Gasteiger partial charge in [0.1, 0.15) is 10.5 Å². The Morgan fingerprint density at radius 3 is 2.53 bits per heavy atom. The van der Waals surface area contributed by atoms with Crippen LogP contribution < -0.4 is 10.7 Å². The van der Waals surface area contributed by atoms with E-state index >= 15 is 0 Å². The fourth-order valence-corrected chi connectivity index (χ4v) is 4.80. The minimum absolute atomic E-state index is 0.0769. The van der Waals surface area contributed by atoms with Crippen LogP contribution >= 0.6 is 11.3 Å². The summed E-state index contributed by atoms with van der Waals surface area (Å²) in [6.45, 7) is 5.86. The van der Waals surface area contributed by atoms with Crippen LogP contribution in [0.5, 0.6) is 0 Å². The second kappa shape index (κ2) is 7.80. The van der Waals surface area contributed by atoms with Crippen molar-refractivity contribution < 1.29 is 14.3 Å². The average Bonchev–Trinajstić information content (AvgIpc) is 3.05. The molecule has 0 spiro atoms. The highest BCUT2D eigenvalue weighted by Crippen LogP contribution is 2.37. The van der Waals surface area contributed by atoms with Crippen molar-refractivity contribution in [3.8, 4) is 11.3 Å². The number of benzene rings is 2. The van der Waals surface area contributed by atoms with Crippen LogP contribution in [0, 0.1) is 13.8 Å². The predicted molar refractivity (Wildman–Crippen MR) is 121 cm³/mol. The largest absolute Gasteiger partial charge is 0.478 e. The Bertz CT molecular complexity index is 1320. The summed E-state index contributed by atoms with van der Waals surface area (Å²) in [5.74, 6) is -0.464. The van der Waals surface area contributed by atoms with Crippen LogP contribution in [0.15, 0.2) is 63.8 Å². The van der Waals surface area contributed by atoms with Gasteiger partial charge in [0.25, 0.3) is 0 Å². The zero-order valence-electron chi connectivity index (χ0n) is 16.9. The molecule has 0 fully saturated rings. The molecule has 30 heavy (non-hydrogen) atoms. The van der Waals surface area contributed by atoms with Gasteiger partial charge in [0.15, 0.2) is 5.58 Å². The van der Waals surface area contributed by atoms with E-state index in [0.717, 1.165) is 21.6 Å². The maximum Gasteiger partial charge on any atom is 0.337 e. The Hall–Kier alpha value is -3.38. The molecular formula is C24H21NO4S. The standard InChI is InChI=1S/C24H21NO4S/c1-13-8-4-5-9-16(13)20-12-19(26)23-22(29-20)21(15(3)30-23)14(2)25-18-11-7-6-10-17(18)24(27)28/h4-12,14,25H,1-3H3,(H,27,28). The van der Waals surface area contributed by atoms with E-state index in [4.69, 9.17) is 4.42 Å². The van der Waals surface area contributed by atoms with Crippen molar-refractivity contribution in [3.05, 3.63) is 86.4 Å². The monoisotopic (exact) mass is 419 g/mol. The molecule has 0 aliphatic rings. The van der Waals surface area contributed by atoms with E-state index in [1.54, 1.807) is 30.3 Å². The van der Waals surface area contributed by atoms with Gasteiger partial charge in [-0.2, -0.15) is 0 Å². The number of fused-ring (bicyclic) bond motifs is 1. The molecule has 0 amide bonds. The molecule has 152 valence electrons. The number of aromatic carboxylic acids is 1. The highest BCUT2D eigenvalue weighted by molar-refractivity contribution is 7.19. The van der Waals surface area contributed by atoms with Crippen molar-refractivity contribution in [1.82, 2.24) is 0 Å². The van der Waals surface area contributed by atoms with E-state index in [0.29, 0.717) is 21.7 Å². The third kappa shape index (κ3) is 3.50. The van der Waals surface area contributed by atoms with Gasteiger partial charge in [0.2, 0.25) is 5.43 Å². The summed E-state index contributed by atoms with van der Waals surface area (Å²) >= 11 is 1.40. The molecular weight excluding hydrogens is 398 g/mol. The van der Waals surface area contributed by atoms with Gasteiger partial charge < -0.3 is 14.8 Å². The number of nitrogens with one attached hydrogen (secondary N) is 1. The lowest BCUT2D eigenvalue weighted by Gasteiger charge is -2.17. The first-order valence-electron chi connectivity index (χ1n) is 9.59. The van der Waals surface area contributed by atoms with Gasteiger partial charge in [-0.1, -0.05) is 36.4 Å². The van der Waals surface area contributed by atoms with Gasteiger partial charge in [-0.15, -0.1) is 11.3 Å². The molecule has 1 unspecified atom stereocenters. The SMILES string of the molecule is Cc1ccccc1-c1cc(=O)c2sc(C)c(C(C)Nc3ccccc3C(=O)O)c2o1. The number of para-hydroxylation sites is 1. The number of aryl methyl sites for hydroxylation is 2. The molecule has 0 aliphatic carbocycles.